The standard InChI is InChI=1S/C12H22O11/c13-1-3-5(15)6(16)9(19)12(22-3)23-10-4(2-14)21-11(20)8(18)7(10)17/h3-20H,1-2H2/t3-,4+,5+,6+,7+,8+,9-,10+,11+,12+/m0/s1. The van der Waals surface area contributed by atoms with Crippen LogP contribution in [0, 0.1) is 0 Å². The molecule has 23 heavy (non-hydrogen) atoms. The summed E-state index contributed by atoms with van der Waals surface area (Å²) in [5, 5.41) is 76.5. The first-order valence-corrected chi connectivity index (χ1v) is 7.08. The molecule has 2 rings (SSSR count). The second-order valence-corrected chi connectivity index (χ2v) is 5.53. The van der Waals surface area contributed by atoms with Gasteiger partial charge >= 0.3 is 0 Å². The molecular weight excluding hydrogens is 320 g/mol. The molecule has 2 saturated heterocycles. The van der Waals surface area contributed by atoms with Gasteiger partial charge in [-0.1, -0.05) is 0 Å². The lowest BCUT2D eigenvalue weighted by Crippen LogP contribution is -2.64. The van der Waals surface area contributed by atoms with E-state index in [0.717, 1.165) is 0 Å². The van der Waals surface area contributed by atoms with Crippen molar-refractivity contribution in [3.8, 4) is 0 Å². The average Bonchev–Trinajstić information content (AvgIpc) is 2.55. The lowest BCUT2D eigenvalue weighted by molar-refractivity contribution is -0.355. The Balaban J connectivity index is 2.11. The quantitative estimate of drug-likeness (QED) is 0.243. The van der Waals surface area contributed by atoms with Crippen molar-refractivity contribution in [3.63, 3.8) is 0 Å². The summed E-state index contributed by atoms with van der Waals surface area (Å²) in [6.45, 7) is -1.35. The van der Waals surface area contributed by atoms with Crippen LogP contribution in [-0.2, 0) is 14.2 Å². The maximum absolute atomic E-state index is 9.94. The van der Waals surface area contributed by atoms with Gasteiger partial charge in [0.15, 0.2) is 12.6 Å². The maximum atomic E-state index is 9.94. The maximum Gasteiger partial charge on any atom is 0.187 e. The molecule has 2 heterocycles. The van der Waals surface area contributed by atoms with Crippen LogP contribution in [0.1, 0.15) is 0 Å². The van der Waals surface area contributed by atoms with Crippen molar-refractivity contribution in [2.75, 3.05) is 13.2 Å². The van der Waals surface area contributed by atoms with Crippen LogP contribution in [0.25, 0.3) is 0 Å². The predicted octanol–water partition coefficient (Wildman–Crippen LogP) is -5.40. The van der Waals surface area contributed by atoms with Crippen LogP contribution in [0.3, 0.4) is 0 Å². The molecule has 0 radical (unpaired) electrons. The first-order chi connectivity index (χ1) is 10.8. The summed E-state index contributed by atoms with van der Waals surface area (Å²) in [6, 6.07) is 0. The van der Waals surface area contributed by atoms with E-state index < -0.39 is 74.6 Å². The smallest absolute Gasteiger partial charge is 0.187 e. The summed E-state index contributed by atoms with van der Waals surface area (Å²) in [5.41, 5.74) is 0. The second kappa shape index (κ2) is 7.63. The van der Waals surface area contributed by atoms with E-state index in [9.17, 15) is 35.7 Å². The largest absolute Gasteiger partial charge is 0.394 e. The van der Waals surface area contributed by atoms with Crippen LogP contribution in [0.15, 0.2) is 0 Å². The molecule has 0 saturated carbocycles. The topological polar surface area (TPSA) is 190 Å². The summed E-state index contributed by atoms with van der Waals surface area (Å²) in [5.74, 6) is 0. The van der Waals surface area contributed by atoms with Gasteiger partial charge in [-0.05, 0) is 0 Å². The number of aliphatic hydroxyl groups excluding tert-OH is 8. The molecule has 0 unspecified atom stereocenters. The van der Waals surface area contributed by atoms with Gasteiger partial charge in [0.1, 0.15) is 48.8 Å². The van der Waals surface area contributed by atoms with Crippen LogP contribution in [-0.4, -0.2) is 115 Å². The van der Waals surface area contributed by atoms with Crippen LogP contribution in [0.2, 0.25) is 0 Å². The van der Waals surface area contributed by atoms with E-state index in [2.05, 4.69) is 0 Å². The molecule has 10 atom stereocenters. The molecule has 2 fully saturated rings. The van der Waals surface area contributed by atoms with Gasteiger partial charge in [-0.15, -0.1) is 0 Å². The van der Waals surface area contributed by atoms with E-state index >= 15 is 0 Å². The van der Waals surface area contributed by atoms with Gasteiger partial charge in [0, 0.05) is 0 Å². The minimum atomic E-state index is -1.74. The molecule has 0 spiro atoms. The van der Waals surface area contributed by atoms with Crippen LogP contribution in [0.5, 0.6) is 0 Å². The summed E-state index contributed by atoms with van der Waals surface area (Å²) in [7, 11) is 0. The number of hydrogen-bond acceptors (Lipinski definition) is 11. The Morgan fingerprint density at radius 2 is 1.26 bits per heavy atom. The van der Waals surface area contributed by atoms with Gasteiger partial charge in [-0.25, -0.2) is 0 Å². The summed E-state index contributed by atoms with van der Waals surface area (Å²) >= 11 is 0. The molecule has 0 aliphatic carbocycles. The van der Waals surface area contributed by atoms with Gasteiger partial charge in [-0.2, -0.15) is 0 Å². The Morgan fingerprint density at radius 1 is 0.652 bits per heavy atom. The third-order valence-electron chi connectivity index (χ3n) is 3.98. The highest BCUT2D eigenvalue weighted by Gasteiger charge is 2.50. The molecular formula is C12H22O11. The minimum Gasteiger partial charge on any atom is -0.394 e. The fourth-order valence-electron chi connectivity index (χ4n) is 2.57. The zero-order chi connectivity index (χ0) is 17.3. The molecule has 0 bridgehead atoms. The SMILES string of the molecule is OC[C@@H]1O[C@H](O[C@H]2[C@H](O)[C@@H](O)[C@H](O)O[C@@H]2CO)[C@@H](O)[C@H](O)[C@@H]1O. The monoisotopic (exact) mass is 342 g/mol. The van der Waals surface area contributed by atoms with Crippen molar-refractivity contribution in [3.05, 3.63) is 0 Å². The van der Waals surface area contributed by atoms with Gasteiger partial charge in [0.25, 0.3) is 0 Å². The number of ether oxygens (including phenoxy) is 3. The predicted molar refractivity (Wildman–Crippen MR) is 68.6 cm³/mol. The van der Waals surface area contributed by atoms with Gasteiger partial charge < -0.3 is 55.1 Å². The molecule has 11 nitrogen and oxygen atoms in total. The van der Waals surface area contributed by atoms with Gasteiger partial charge in [0.05, 0.1) is 13.2 Å². The van der Waals surface area contributed by atoms with Gasteiger partial charge in [0.2, 0.25) is 0 Å². The Hall–Kier alpha value is -0.440. The zero-order valence-corrected chi connectivity index (χ0v) is 12.0. The first-order valence-electron chi connectivity index (χ1n) is 7.08. The summed E-state index contributed by atoms with van der Waals surface area (Å²) in [4.78, 5) is 0. The molecule has 136 valence electrons. The van der Waals surface area contributed by atoms with E-state index in [-0.39, 0.29) is 0 Å². The zero-order valence-electron chi connectivity index (χ0n) is 12.0. The van der Waals surface area contributed by atoms with Crippen LogP contribution >= 0.6 is 0 Å². The second-order valence-electron chi connectivity index (χ2n) is 5.53. The van der Waals surface area contributed by atoms with Crippen molar-refractivity contribution in [1.82, 2.24) is 0 Å². The summed E-state index contributed by atoms with van der Waals surface area (Å²) in [6.07, 6.45) is -15.6. The average molecular weight is 342 g/mol. The Bertz CT molecular complexity index is 378. The highest BCUT2D eigenvalue weighted by atomic mass is 16.7. The molecule has 11 heteroatoms. The fraction of sp³-hybridized carbons (Fsp3) is 1.00. The third-order valence-corrected chi connectivity index (χ3v) is 3.98. The first kappa shape index (κ1) is 18.9. The molecule has 0 aromatic rings. The van der Waals surface area contributed by atoms with Gasteiger partial charge in [-0.3, -0.25) is 0 Å². The Labute approximate surface area is 130 Å². The minimum absolute atomic E-state index is 0.667. The Kier molecular flexibility index (Phi) is 6.27. The van der Waals surface area contributed by atoms with Crippen molar-refractivity contribution >= 4 is 0 Å². The highest BCUT2D eigenvalue weighted by molar-refractivity contribution is 4.93. The molecule has 0 aromatic carbocycles. The van der Waals surface area contributed by atoms with Crippen molar-refractivity contribution < 1.29 is 55.1 Å². The molecule has 0 amide bonds. The lowest BCUT2D eigenvalue weighted by atomic mass is 9.97. The number of rotatable bonds is 4. The van der Waals surface area contributed by atoms with E-state index in [1.54, 1.807) is 0 Å². The van der Waals surface area contributed by atoms with Crippen molar-refractivity contribution in [2.24, 2.45) is 0 Å². The van der Waals surface area contributed by atoms with E-state index in [4.69, 9.17) is 19.3 Å². The number of hydrogen-bond donors (Lipinski definition) is 8. The lowest BCUT2D eigenvalue weighted by Gasteiger charge is -2.45. The number of aliphatic hydroxyl groups is 8. The van der Waals surface area contributed by atoms with E-state index in [1.807, 2.05) is 0 Å². The molecule has 8 N–H and O–H groups in total. The molecule has 2 aliphatic rings. The highest BCUT2D eigenvalue weighted by Crippen LogP contribution is 2.28. The van der Waals surface area contributed by atoms with E-state index in [1.165, 1.54) is 0 Å². The molecule has 0 aromatic heterocycles. The van der Waals surface area contributed by atoms with Crippen LogP contribution in [0.4, 0.5) is 0 Å². The van der Waals surface area contributed by atoms with E-state index in [0.29, 0.717) is 0 Å². The fourth-order valence-corrected chi connectivity index (χ4v) is 2.57. The van der Waals surface area contributed by atoms with Crippen LogP contribution < -0.4 is 0 Å². The Morgan fingerprint density at radius 3 is 1.83 bits per heavy atom. The van der Waals surface area contributed by atoms with Crippen molar-refractivity contribution in [2.45, 2.75) is 61.4 Å². The third kappa shape index (κ3) is 3.65. The molecule has 2 aliphatic heterocycles. The normalized spacial score (nSPS) is 51.7. The van der Waals surface area contributed by atoms with Crippen molar-refractivity contribution in [1.29, 1.82) is 0 Å². The summed E-state index contributed by atoms with van der Waals surface area (Å²) < 4.78 is 15.3.